The average molecular weight is 412 g/mol. The number of rotatable bonds is 7. The van der Waals surface area contributed by atoms with Gasteiger partial charge in [0.2, 0.25) is 0 Å². The molecule has 9 heteroatoms. The van der Waals surface area contributed by atoms with Gasteiger partial charge in [0.25, 0.3) is 5.89 Å². The summed E-state index contributed by atoms with van der Waals surface area (Å²) in [6.45, 7) is 0. The minimum Gasteiger partial charge on any atom is -0.469 e. The Balaban J connectivity index is 1.43. The summed E-state index contributed by atoms with van der Waals surface area (Å²) >= 11 is 1.46. The van der Waals surface area contributed by atoms with E-state index in [-0.39, 0.29) is 6.42 Å². The highest BCUT2D eigenvalue weighted by atomic mass is 32.1. The highest BCUT2D eigenvalue weighted by Crippen LogP contribution is 2.39. The standard InChI is InChI=1S/C20H20N4O4S/c1-27-17(25)11-15(16-6-3-9-29-16)22-20(26)21-14-5-2-4-13(10-14)19-23-18(24-28-19)12-7-8-12/h2-6,9-10,12,15H,7-8,11H2,1H3,(H2,21,22,26)/t15-/m0/s1. The lowest BCUT2D eigenvalue weighted by atomic mass is 10.1. The molecule has 0 radical (unpaired) electrons. The number of urea groups is 1. The number of esters is 1. The van der Waals surface area contributed by atoms with Crippen molar-refractivity contribution in [3.05, 3.63) is 52.5 Å². The average Bonchev–Trinajstić information content (AvgIpc) is 3.21. The molecular weight excluding hydrogens is 392 g/mol. The highest BCUT2D eigenvalue weighted by Gasteiger charge is 2.29. The zero-order valence-electron chi connectivity index (χ0n) is 15.8. The predicted octanol–water partition coefficient (Wildman–Crippen LogP) is 4.10. The SMILES string of the molecule is COC(=O)C[C@H](NC(=O)Nc1cccc(-c2nc(C3CC3)no2)c1)c1cccs1. The van der Waals surface area contributed by atoms with Crippen molar-refractivity contribution in [2.24, 2.45) is 0 Å². The fraction of sp³-hybridized carbons (Fsp3) is 0.300. The van der Waals surface area contributed by atoms with Crippen molar-refractivity contribution in [1.82, 2.24) is 15.5 Å². The van der Waals surface area contributed by atoms with Gasteiger partial charge in [-0.2, -0.15) is 4.98 Å². The van der Waals surface area contributed by atoms with E-state index < -0.39 is 18.0 Å². The third-order valence-corrected chi connectivity index (χ3v) is 5.53. The minimum absolute atomic E-state index is 0.0520. The molecule has 150 valence electrons. The molecule has 2 aromatic heterocycles. The van der Waals surface area contributed by atoms with Gasteiger partial charge in [0.15, 0.2) is 5.82 Å². The zero-order chi connectivity index (χ0) is 20.2. The first kappa shape index (κ1) is 19.1. The van der Waals surface area contributed by atoms with Gasteiger partial charge in [0.1, 0.15) is 0 Å². The normalized spacial score (nSPS) is 14.2. The fourth-order valence-corrected chi connectivity index (χ4v) is 3.66. The summed E-state index contributed by atoms with van der Waals surface area (Å²) in [4.78, 5) is 29.5. The van der Waals surface area contributed by atoms with Gasteiger partial charge in [0, 0.05) is 22.0 Å². The second-order valence-electron chi connectivity index (χ2n) is 6.76. The lowest BCUT2D eigenvalue weighted by molar-refractivity contribution is -0.141. The lowest BCUT2D eigenvalue weighted by Crippen LogP contribution is -2.33. The van der Waals surface area contributed by atoms with Crippen LogP contribution in [0.1, 0.15) is 41.9 Å². The van der Waals surface area contributed by atoms with Crippen molar-refractivity contribution in [1.29, 1.82) is 0 Å². The van der Waals surface area contributed by atoms with Crippen molar-refractivity contribution >= 4 is 29.0 Å². The monoisotopic (exact) mass is 412 g/mol. The fourth-order valence-electron chi connectivity index (χ4n) is 2.88. The molecular formula is C20H20N4O4S. The molecule has 2 N–H and O–H groups in total. The van der Waals surface area contributed by atoms with E-state index >= 15 is 0 Å². The van der Waals surface area contributed by atoms with Crippen LogP contribution in [0.5, 0.6) is 0 Å². The molecule has 1 saturated carbocycles. The van der Waals surface area contributed by atoms with Gasteiger partial charge in [0.05, 0.1) is 19.6 Å². The van der Waals surface area contributed by atoms with Crippen LogP contribution in [0.25, 0.3) is 11.5 Å². The van der Waals surface area contributed by atoms with Gasteiger partial charge in [-0.3, -0.25) is 4.79 Å². The van der Waals surface area contributed by atoms with Crippen LogP contribution in [0.15, 0.2) is 46.3 Å². The first-order chi connectivity index (χ1) is 14.1. The number of nitrogens with one attached hydrogen (secondary N) is 2. The molecule has 1 aliphatic carbocycles. The predicted molar refractivity (Wildman–Crippen MR) is 108 cm³/mol. The summed E-state index contributed by atoms with van der Waals surface area (Å²) in [7, 11) is 1.32. The molecule has 2 heterocycles. The van der Waals surface area contributed by atoms with Crippen LogP contribution in [0, 0.1) is 0 Å². The Morgan fingerprint density at radius 2 is 2.17 bits per heavy atom. The number of thiophene rings is 1. The Hall–Kier alpha value is -3.20. The van der Waals surface area contributed by atoms with Crippen LogP contribution in [-0.4, -0.2) is 29.3 Å². The molecule has 1 aromatic carbocycles. The topological polar surface area (TPSA) is 106 Å². The summed E-state index contributed by atoms with van der Waals surface area (Å²) in [5, 5.41) is 11.5. The van der Waals surface area contributed by atoms with Crippen LogP contribution < -0.4 is 10.6 Å². The Morgan fingerprint density at radius 3 is 2.90 bits per heavy atom. The first-order valence-corrected chi connectivity index (χ1v) is 10.1. The number of methoxy groups -OCH3 is 1. The molecule has 1 aliphatic rings. The van der Waals surface area contributed by atoms with Gasteiger partial charge < -0.3 is 19.9 Å². The zero-order valence-corrected chi connectivity index (χ0v) is 16.6. The van der Waals surface area contributed by atoms with Crippen molar-refractivity contribution < 1.29 is 18.8 Å². The van der Waals surface area contributed by atoms with Gasteiger partial charge in [-0.05, 0) is 42.5 Å². The Kier molecular flexibility index (Phi) is 5.57. The summed E-state index contributed by atoms with van der Waals surface area (Å²) < 4.78 is 10.1. The maximum absolute atomic E-state index is 12.5. The van der Waals surface area contributed by atoms with Crippen LogP contribution in [0.4, 0.5) is 10.5 Å². The van der Waals surface area contributed by atoms with E-state index in [1.807, 2.05) is 23.6 Å². The van der Waals surface area contributed by atoms with Crippen LogP contribution in [0.3, 0.4) is 0 Å². The number of carbonyl (C=O) groups excluding carboxylic acids is 2. The maximum atomic E-state index is 12.5. The number of amides is 2. The van der Waals surface area contributed by atoms with E-state index in [0.717, 1.165) is 29.1 Å². The first-order valence-electron chi connectivity index (χ1n) is 9.24. The third kappa shape index (κ3) is 4.80. The van der Waals surface area contributed by atoms with E-state index in [1.165, 1.54) is 18.4 Å². The highest BCUT2D eigenvalue weighted by molar-refractivity contribution is 7.10. The smallest absolute Gasteiger partial charge is 0.319 e. The number of ether oxygens (including phenoxy) is 1. The molecule has 0 spiro atoms. The molecule has 8 nitrogen and oxygen atoms in total. The maximum Gasteiger partial charge on any atom is 0.319 e. The number of carbonyl (C=O) groups is 2. The summed E-state index contributed by atoms with van der Waals surface area (Å²) in [6, 6.07) is 10.0. The number of aromatic nitrogens is 2. The van der Waals surface area contributed by atoms with E-state index in [2.05, 4.69) is 20.8 Å². The minimum atomic E-state index is -0.470. The molecule has 2 amide bonds. The van der Waals surface area contributed by atoms with E-state index in [9.17, 15) is 9.59 Å². The van der Waals surface area contributed by atoms with Gasteiger partial charge >= 0.3 is 12.0 Å². The van der Waals surface area contributed by atoms with Gasteiger partial charge in [-0.1, -0.05) is 17.3 Å². The molecule has 29 heavy (non-hydrogen) atoms. The summed E-state index contributed by atoms with van der Waals surface area (Å²) in [5.74, 6) is 1.17. The number of anilines is 1. The summed E-state index contributed by atoms with van der Waals surface area (Å²) in [6.07, 6.45) is 2.24. The van der Waals surface area contributed by atoms with E-state index in [4.69, 9.17) is 9.26 Å². The quantitative estimate of drug-likeness (QED) is 0.566. The van der Waals surface area contributed by atoms with E-state index in [1.54, 1.807) is 18.2 Å². The molecule has 4 rings (SSSR count). The third-order valence-electron chi connectivity index (χ3n) is 4.54. The molecule has 0 aliphatic heterocycles. The molecule has 3 aromatic rings. The number of hydrogen-bond acceptors (Lipinski definition) is 7. The van der Waals surface area contributed by atoms with Crippen LogP contribution >= 0.6 is 11.3 Å². The Labute approximate surface area is 171 Å². The largest absolute Gasteiger partial charge is 0.469 e. The molecule has 1 atom stereocenters. The second kappa shape index (κ2) is 8.44. The van der Waals surface area contributed by atoms with E-state index in [0.29, 0.717) is 17.5 Å². The van der Waals surface area contributed by atoms with Crippen molar-refractivity contribution in [3.8, 4) is 11.5 Å². The number of hydrogen-bond donors (Lipinski definition) is 2. The Bertz CT molecular complexity index is 998. The molecule has 0 bridgehead atoms. The van der Waals surface area contributed by atoms with Gasteiger partial charge in [-0.15, -0.1) is 11.3 Å². The molecule has 0 unspecified atom stereocenters. The molecule has 0 saturated heterocycles. The van der Waals surface area contributed by atoms with Crippen LogP contribution in [-0.2, 0) is 9.53 Å². The van der Waals surface area contributed by atoms with Crippen LogP contribution in [0.2, 0.25) is 0 Å². The molecule has 1 fully saturated rings. The Morgan fingerprint density at radius 1 is 1.31 bits per heavy atom. The van der Waals surface area contributed by atoms with Crippen molar-refractivity contribution in [3.63, 3.8) is 0 Å². The summed E-state index contributed by atoms with van der Waals surface area (Å²) in [5.41, 5.74) is 1.31. The number of benzene rings is 1. The van der Waals surface area contributed by atoms with Gasteiger partial charge in [-0.25, -0.2) is 4.79 Å². The van der Waals surface area contributed by atoms with Crippen molar-refractivity contribution in [2.75, 3.05) is 12.4 Å². The lowest BCUT2D eigenvalue weighted by Gasteiger charge is -2.17. The second-order valence-corrected chi connectivity index (χ2v) is 7.74. The van der Waals surface area contributed by atoms with Crippen molar-refractivity contribution in [2.45, 2.75) is 31.2 Å². The number of nitrogens with zero attached hydrogens (tertiary/aromatic N) is 2.